The number of rotatable bonds is 9. The molecule has 11 nitrogen and oxygen atoms in total. The lowest BCUT2D eigenvalue weighted by atomic mass is 10.1. The highest BCUT2D eigenvalue weighted by molar-refractivity contribution is 6.34. The van der Waals surface area contributed by atoms with Gasteiger partial charge in [-0.3, -0.25) is 25.2 Å². The Labute approximate surface area is 197 Å². The van der Waals surface area contributed by atoms with Crippen molar-refractivity contribution in [2.24, 2.45) is 5.73 Å². The van der Waals surface area contributed by atoms with Crippen molar-refractivity contribution in [3.63, 3.8) is 0 Å². The highest BCUT2D eigenvalue weighted by atomic mass is 35.5. The number of carbonyl (C=O) groups excluding carboxylic acids is 1. The standard InChI is InChI=1S/C21H21ClFN7O4/c22-16-9-14(30(33)34)4-5-18(16)27-21(32)29-20-26-11-15(19(31)28-20)12-2-3-13(17(23)8-12)10-25-7-1-6-24/h2-5,8-9,11,25H,1,6-7,10,24H2,(H3,26,27,28,29,31,32). The second-order valence-electron chi connectivity index (χ2n) is 7.10. The van der Waals surface area contributed by atoms with Crippen molar-refractivity contribution in [2.75, 3.05) is 23.7 Å². The zero-order chi connectivity index (χ0) is 24.7. The van der Waals surface area contributed by atoms with E-state index >= 15 is 0 Å². The van der Waals surface area contributed by atoms with E-state index in [1.165, 1.54) is 24.4 Å². The van der Waals surface area contributed by atoms with Gasteiger partial charge in [0.15, 0.2) is 0 Å². The van der Waals surface area contributed by atoms with Gasteiger partial charge in [-0.05, 0) is 37.2 Å². The van der Waals surface area contributed by atoms with Gasteiger partial charge in [-0.1, -0.05) is 23.7 Å². The van der Waals surface area contributed by atoms with Gasteiger partial charge < -0.3 is 16.4 Å². The zero-order valence-electron chi connectivity index (χ0n) is 17.7. The Balaban J connectivity index is 1.67. The summed E-state index contributed by atoms with van der Waals surface area (Å²) >= 11 is 5.94. The highest BCUT2D eigenvalue weighted by Crippen LogP contribution is 2.26. The van der Waals surface area contributed by atoms with Crippen molar-refractivity contribution in [3.05, 3.63) is 79.5 Å². The lowest BCUT2D eigenvalue weighted by molar-refractivity contribution is -0.384. The van der Waals surface area contributed by atoms with Crippen LogP contribution in [0.4, 0.5) is 26.5 Å². The predicted octanol–water partition coefficient (Wildman–Crippen LogP) is 3.22. The number of H-pyrrole nitrogens is 1. The summed E-state index contributed by atoms with van der Waals surface area (Å²) in [5, 5.41) is 18.5. The van der Waals surface area contributed by atoms with Crippen LogP contribution in [0.25, 0.3) is 11.1 Å². The summed E-state index contributed by atoms with van der Waals surface area (Å²) in [4.78, 5) is 41.2. The molecular formula is C21H21ClFN7O4. The normalized spacial score (nSPS) is 10.7. The Kier molecular flexibility index (Phi) is 8.24. The van der Waals surface area contributed by atoms with Crippen molar-refractivity contribution in [3.8, 4) is 11.1 Å². The number of nitro benzene ring substituents is 1. The number of amides is 2. The van der Waals surface area contributed by atoms with Gasteiger partial charge in [0, 0.05) is 30.4 Å². The van der Waals surface area contributed by atoms with E-state index in [1.807, 2.05) is 0 Å². The molecule has 1 heterocycles. The number of nitrogens with two attached hydrogens (primary N) is 1. The Bertz CT molecular complexity index is 1270. The van der Waals surface area contributed by atoms with E-state index in [2.05, 4.69) is 25.9 Å². The zero-order valence-corrected chi connectivity index (χ0v) is 18.5. The van der Waals surface area contributed by atoms with E-state index in [0.29, 0.717) is 30.8 Å². The SMILES string of the molecule is NCCCNCc1ccc(-c2cnc(NC(=O)Nc3ccc([N+](=O)[O-])cc3Cl)[nH]c2=O)cc1F. The van der Waals surface area contributed by atoms with Crippen LogP contribution in [0.2, 0.25) is 5.02 Å². The highest BCUT2D eigenvalue weighted by Gasteiger charge is 2.13. The topological polar surface area (TPSA) is 168 Å². The summed E-state index contributed by atoms with van der Waals surface area (Å²) < 4.78 is 14.4. The van der Waals surface area contributed by atoms with Crippen molar-refractivity contribution < 1.29 is 14.1 Å². The second-order valence-corrected chi connectivity index (χ2v) is 7.51. The molecule has 0 atom stereocenters. The van der Waals surface area contributed by atoms with Crippen LogP contribution in [0.15, 0.2) is 47.4 Å². The van der Waals surface area contributed by atoms with Crippen LogP contribution in [0.1, 0.15) is 12.0 Å². The third-order valence-corrected chi connectivity index (χ3v) is 4.99. The minimum absolute atomic E-state index is 0.0406. The molecule has 0 unspecified atom stereocenters. The monoisotopic (exact) mass is 489 g/mol. The molecule has 0 spiro atoms. The summed E-state index contributed by atoms with van der Waals surface area (Å²) in [6.07, 6.45) is 1.99. The Hall–Kier alpha value is -3.87. The van der Waals surface area contributed by atoms with E-state index in [9.17, 15) is 24.1 Å². The molecule has 0 saturated heterocycles. The fraction of sp³-hybridized carbons (Fsp3) is 0.190. The van der Waals surface area contributed by atoms with Crippen LogP contribution in [0, 0.1) is 15.9 Å². The third-order valence-electron chi connectivity index (χ3n) is 4.68. The van der Waals surface area contributed by atoms with Crippen LogP contribution in [-0.4, -0.2) is 34.0 Å². The van der Waals surface area contributed by atoms with Crippen LogP contribution in [0.3, 0.4) is 0 Å². The number of hydrogen-bond acceptors (Lipinski definition) is 7. The lowest BCUT2D eigenvalue weighted by Gasteiger charge is -2.09. The van der Waals surface area contributed by atoms with Gasteiger partial charge in [-0.2, -0.15) is 0 Å². The van der Waals surface area contributed by atoms with Gasteiger partial charge in [0.1, 0.15) is 5.82 Å². The van der Waals surface area contributed by atoms with Crippen molar-refractivity contribution in [2.45, 2.75) is 13.0 Å². The third kappa shape index (κ3) is 6.34. The number of urea groups is 1. The number of hydrogen-bond donors (Lipinski definition) is 5. The number of halogens is 2. The second kappa shape index (κ2) is 11.3. The van der Waals surface area contributed by atoms with Crippen LogP contribution in [-0.2, 0) is 6.54 Å². The van der Waals surface area contributed by atoms with E-state index in [1.54, 1.807) is 12.1 Å². The van der Waals surface area contributed by atoms with Crippen molar-refractivity contribution in [1.29, 1.82) is 0 Å². The molecule has 3 rings (SSSR count). The van der Waals surface area contributed by atoms with Gasteiger partial charge in [0.25, 0.3) is 11.2 Å². The summed E-state index contributed by atoms with van der Waals surface area (Å²) in [7, 11) is 0. The van der Waals surface area contributed by atoms with Gasteiger partial charge in [0.2, 0.25) is 5.95 Å². The van der Waals surface area contributed by atoms with Crippen LogP contribution in [0.5, 0.6) is 0 Å². The summed E-state index contributed by atoms with van der Waals surface area (Å²) in [6, 6.07) is 7.17. The molecule has 0 aliphatic heterocycles. The van der Waals surface area contributed by atoms with Gasteiger partial charge in [-0.25, -0.2) is 14.2 Å². The molecule has 2 amide bonds. The molecule has 0 saturated carbocycles. The minimum atomic E-state index is -0.788. The molecule has 2 aromatic carbocycles. The van der Waals surface area contributed by atoms with Gasteiger partial charge in [-0.15, -0.1) is 0 Å². The maximum absolute atomic E-state index is 14.4. The molecule has 178 valence electrons. The molecule has 13 heteroatoms. The Morgan fingerprint density at radius 2 is 2.03 bits per heavy atom. The number of nitro groups is 1. The molecular weight excluding hydrogens is 469 g/mol. The average Bonchev–Trinajstić information content (AvgIpc) is 2.79. The first kappa shape index (κ1) is 24.8. The molecule has 0 bridgehead atoms. The smallest absolute Gasteiger partial charge is 0.326 e. The minimum Gasteiger partial charge on any atom is -0.330 e. The first-order valence-electron chi connectivity index (χ1n) is 10.1. The first-order valence-corrected chi connectivity index (χ1v) is 10.5. The average molecular weight is 490 g/mol. The summed E-state index contributed by atoms with van der Waals surface area (Å²) in [5.74, 6) is -0.635. The lowest BCUT2D eigenvalue weighted by Crippen LogP contribution is -2.23. The fourth-order valence-corrected chi connectivity index (χ4v) is 3.17. The quantitative estimate of drug-likeness (QED) is 0.174. The number of non-ortho nitro benzene ring substituents is 1. The maximum atomic E-state index is 14.4. The number of nitrogens with one attached hydrogen (secondary N) is 4. The maximum Gasteiger partial charge on any atom is 0.326 e. The summed E-state index contributed by atoms with van der Waals surface area (Å²) in [5.41, 5.74) is 5.61. The van der Waals surface area contributed by atoms with Crippen molar-refractivity contribution in [1.82, 2.24) is 15.3 Å². The van der Waals surface area contributed by atoms with Crippen molar-refractivity contribution >= 4 is 35.0 Å². The number of anilines is 2. The molecule has 0 fully saturated rings. The largest absolute Gasteiger partial charge is 0.330 e. The molecule has 3 aromatic rings. The molecule has 34 heavy (non-hydrogen) atoms. The van der Waals surface area contributed by atoms with E-state index in [0.717, 1.165) is 12.5 Å². The predicted molar refractivity (Wildman–Crippen MR) is 126 cm³/mol. The number of carbonyl (C=O) groups is 1. The molecule has 6 N–H and O–H groups in total. The molecule has 0 aliphatic rings. The summed E-state index contributed by atoms with van der Waals surface area (Å²) in [6.45, 7) is 1.54. The van der Waals surface area contributed by atoms with E-state index in [-0.39, 0.29) is 27.9 Å². The molecule has 0 radical (unpaired) electrons. The number of benzene rings is 2. The van der Waals surface area contributed by atoms with Gasteiger partial charge >= 0.3 is 6.03 Å². The van der Waals surface area contributed by atoms with Crippen LogP contribution >= 0.6 is 11.6 Å². The molecule has 1 aromatic heterocycles. The number of aromatic amines is 1. The molecule has 0 aliphatic carbocycles. The first-order chi connectivity index (χ1) is 16.3. The number of aromatic nitrogens is 2. The Morgan fingerprint density at radius 3 is 2.68 bits per heavy atom. The van der Waals surface area contributed by atoms with E-state index in [4.69, 9.17) is 17.3 Å². The number of nitrogens with zero attached hydrogens (tertiary/aromatic N) is 2. The van der Waals surface area contributed by atoms with E-state index < -0.39 is 22.3 Å². The Morgan fingerprint density at radius 1 is 1.24 bits per heavy atom. The van der Waals surface area contributed by atoms with Gasteiger partial charge in [0.05, 0.1) is 21.2 Å². The van der Waals surface area contributed by atoms with Crippen LogP contribution < -0.4 is 27.2 Å². The fourth-order valence-electron chi connectivity index (χ4n) is 2.95.